The molecule has 55 heavy (non-hydrogen) atoms. The van der Waals surface area contributed by atoms with Gasteiger partial charge in [-0.15, -0.1) is 0 Å². The number of likely N-dealkylation sites (tertiary alicyclic amines) is 1. The van der Waals surface area contributed by atoms with Gasteiger partial charge in [0.1, 0.15) is 6.10 Å². The third kappa shape index (κ3) is 6.59. The predicted octanol–water partition coefficient (Wildman–Crippen LogP) is 10.8. The third-order valence-electron chi connectivity index (χ3n) is 19.2. The molecule has 5 nitrogen and oxygen atoms in total. The lowest BCUT2D eigenvalue weighted by molar-refractivity contribution is -0.248. The molecule has 6 aliphatic carbocycles. The Kier molecular flexibility index (Phi) is 10.5. The SMILES string of the molecule is C=C(C)C1CC[C@]2(C(=O)N[C@@H]3CC[C@H](CN4CCC(Cc5ccccc5)CC4)C3)CC[C@]3(C)[C@H](CC[C@@H]4[C@@]5(C)CC[C@H](OC(C)=O)C(C)(C)[C@@H]5CC[C@]43C)[C@@H]12. The zero-order valence-corrected chi connectivity index (χ0v) is 35.9. The lowest BCUT2D eigenvalue weighted by atomic mass is 9.32. The number of carbonyl (C=O) groups excluding carboxylic acids is 2. The van der Waals surface area contributed by atoms with E-state index in [1.165, 1.54) is 88.6 Å². The highest BCUT2D eigenvalue weighted by Gasteiger charge is 2.72. The van der Waals surface area contributed by atoms with E-state index >= 15 is 0 Å². The second-order valence-corrected chi connectivity index (χ2v) is 22.1. The van der Waals surface area contributed by atoms with Crippen molar-refractivity contribution in [3.05, 3.63) is 48.0 Å². The number of esters is 1. The Hall–Kier alpha value is -2.14. The molecule has 5 heteroatoms. The van der Waals surface area contributed by atoms with Crippen molar-refractivity contribution < 1.29 is 14.3 Å². The van der Waals surface area contributed by atoms with E-state index < -0.39 is 0 Å². The van der Waals surface area contributed by atoms with Crippen LogP contribution in [-0.2, 0) is 20.7 Å². The average Bonchev–Trinajstić information content (AvgIpc) is 3.76. The third-order valence-corrected chi connectivity index (χ3v) is 19.2. The molecule has 7 aliphatic rings. The highest BCUT2D eigenvalue weighted by molar-refractivity contribution is 5.84. The normalized spacial score (nSPS) is 44.1. The van der Waals surface area contributed by atoms with Crippen LogP contribution in [0.1, 0.15) is 150 Å². The van der Waals surface area contributed by atoms with Crippen molar-refractivity contribution in [3.63, 3.8) is 0 Å². The van der Waals surface area contributed by atoms with E-state index in [1.54, 1.807) is 6.92 Å². The number of nitrogens with zero attached hydrogens (tertiary/aromatic N) is 1. The summed E-state index contributed by atoms with van der Waals surface area (Å²) in [6.07, 6.45) is 18.9. The monoisotopic (exact) mass is 753 g/mol. The molecule has 1 N–H and O–H groups in total. The van der Waals surface area contributed by atoms with Crippen LogP contribution in [0.15, 0.2) is 42.5 Å². The molecule has 6 saturated carbocycles. The maximum Gasteiger partial charge on any atom is 0.302 e. The predicted molar refractivity (Wildman–Crippen MR) is 223 cm³/mol. The van der Waals surface area contributed by atoms with Crippen molar-refractivity contribution in [2.75, 3.05) is 19.6 Å². The van der Waals surface area contributed by atoms with Crippen LogP contribution in [0.2, 0.25) is 0 Å². The fraction of sp³-hybridized carbons (Fsp3) is 0.800. The first-order chi connectivity index (χ1) is 26.1. The molecule has 1 saturated heterocycles. The number of allylic oxidation sites excluding steroid dienone is 1. The van der Waals surface area contributed by atoms with Crippen LogP contribution in [0.25, 0.3) is 0 Å². The molecule has 1 aromatic carbocycles. The summed E-state index contributed by atoms with van der Waals surface area (Å²) in [5, 5.41) is 3.79. The van der Waals surface area contributed by atoms with E-state index in [-0.39, 0.29) is 39.1 Å². The van der Waals surface area contributed by atoms with Gasteiger partial charge in [-0.2, -0.15) is 0 Å². The van der Waals surface area contributed by atoms with E-state index in [2.05, 4.69) is 88.7 Å². The summed E-state index contributed by atoms with van der Waals surface area (Å²) in [7, 11) is 0. The minimum Gasteiger partial charge on any atom is -0.462 e. The molecule has 12 atom stereocenters. The molecule has 0 bridgehead atoms. The van der Waals surface area contributed by atoms with Gasteiger partial charge in [0.25, 0.3) is 0 Å². The highest BCUT2D eigenvalue weighted by atomic mass is 16.5. The Morgan fingerprint density at radius 3 is 2.24 bits per heavy atom. The van der Waals surface area contributed by atoms with Gasteiger partial charge in [-0.25, -0.2) is 0 Å². The Balaban J connectivity index is 0.939. The van der Waals surface area contributed by atoms with Crippen LogP contribution in [-0.4, -0.2) is 48.6 Å². The molecule has 304 valence electrons. The number of carbonyl (C=O) groups is 2. The van der Waals surface area contributed by atoms with Crippen LogP contribution >= 0.6 is 0 Å². The van der Waals surface area contributed by atoms with Crippen molar-refractivity contribution in [1.29, 1.82) is 0 Å². The maximum atomic E-state index is 15.0. The van der Waals surface area contributed by atoms with Crippen LogP contribution in [0.5, 0.6) is 0 Å². The molecule has 7 fully saturated rings. The summed E-state index contributed by atoms with van der Waals surface area (Å²) in [6.45, 7) is 24.9. The topological polar surface area (TPSA) is 58.6 Å². The van der Waals surface area contributed by atoms with Crippen molar-refractivity contribution in [1.82, 2.24) is 10.2 Å². The molecule has 1 aliphatic heterocycles. The maximum absolute atomic E-state index is 15.0. The summed E-state index contributed by atoms with van der Waals surface area (Å²) in [6, 6.07) is 11.4. The fourth-order valence-electron chi connectivity index (χ4n) is 16.3. The van der Waals surface area contributed by atoms with E-state index in [0.717, 1.165) is 50.9 Å². The van der Waals surface area contributed by atoms with E-state index in [1.807, 2.05) is 0 Å². The summed E-state index contributed by atoms with van der Waals surface area (Å²) in [5.41, 5.74) is 3.22. The lowest BCUT2D eigenvalue weighted by Crippen LogP contribution is -2.67. The highest BCUT2D eigenvalue weighted by Crippen LogP contribution is 2.77. The van der Waals surface area contributed by atoms with E-state index in [0.29, 0.717) is 47.5 Å². The van der Waals surface area contributed by atoms with Crippen LogP contribution in [0, 0.1) is 68.5 Å². The summed E-state index contributed by atoms with van der Waals surface area (Å²) < 4.78 is 6.00. The molecule has 1 aromatic rings. The van der Waals surface area contributed by atoms with Gasteiger partial charge in [0.05, 0.1) is 5.41 Å². The number of hydrogen-bond acceptors (Lipinski definition) is 4. The first-order valence-electron chi connectivity index (χ1n) is 23.0. The van der Waals surface area contributed by atoms with Crippen molar-refractivity contribution in [2.24, 2.45) is 68.5 Å². The quantitative estimate of drug-likeness (QED) is 0.212. The van der Waals surface area contributed by atoms with Crippen molar-refractivity contribution in [2.45, 2.75) is 163 Å². The molecule has 1 heterocycles. The standard InChI is InChI=1S/C50H76N2O3/c1-33(2)39-18-25-50(45(54)51-38-15-14-37(31-38)32-52-28-21-36(22-29-52)30-35-12-10-9-11-13-35)27-26-48(7)40(44(39)50)16-17-42-47(6)23-20-43(55-34(3)53)46(4,5)41(47)19-24-49(42,48)8/h9-13,36-44H,1,14-32H2,2-8H3,(H,51,54)/t37-,38+,39?,40+,41-,42+,43-,44+,47-,48+,49+,50-/m0/s1. The Bertz CT molecular complexity index is 1600. The fourth-order valence-corrected chi connectivity index (χ4v) is 16.3. The number of piperidine rings is 1. The van der Waals surface area contributed by atoms with E-state index in [4.69, 9.17) is 4.74 Å². The Labute approximate surface area is 335 Å². The molecular weight excluding hydrogens is 677 g/mol. The van der Waals surface area contributed by atoms with Crippen LogP contribution in [0.3, 0.4) is 0 Å². The van der Waals surface area contributed by atoms with Crippen LogP contribution < -0.4 is 5.32 Å². The number of rotatable bonds is 8. The number of nitrogens with one attached hydrogen (secondary N) is 1. The van der Waals surface area contributed by atoms with Gasteiger partial charge in [0, 0.05) is 24.9 Å². The second kappa shape index (κ2) is 14.6. The molecule has 0 radical (unpaired) electrons. The first kappa shape index (κ1) is 39.7. The largest absolute Gasteiger partial charge is 0.462 e. The number of ether oxygens (including phenoxy) is 1. The Morgan fingerprint density at radius 1 is 0.782 bits per heavy atom. The van der Waals surface area contributed by atoms with E-state index in [9.17, 15) is 9.59 Å². The van der Waals surface area contributed by atoms with Gasteiger partial charge in [0.2, 0.25) is 5.91 Å². The number of fused-ring (bicyclic) bond motifs is 7. The summed E-state index contributed by atoms with van der Waals surface area (Å²) >= 11 is 0. The number of amides is 1. The molecule has 1 unspecified atom stereocenters. The lowest BCUT2D eigenvalue weighted by Gasteiger charge is -2.72. The number of hydrogen-bond donors (Lipinski definition) is 1. The summed E-state index contributed by atoms with van der Waals surface area (Å²) in [4.78, 5) is 29.9. The number of benzene rings is 1. The molecular formula is C50H76N2O3. The molecule has 0 spiro atoms. The molecule has 1 amide bonds. The average molecular weight is 753 g/mol. The second-order valence-electron chi connectivity index (χ2n) is 22.1. The minimum absolute atomic E-state index is 0.0146. The van der Waals surface area contributed by atoms with Crippen molar-refractivity contribution in [3.8, 4) is 0 Å². The molecule has 8 rings (SSSR count). The Morgan fingerprint density at radius 2 is 1.53 bits per heavy atom. The van der Waals surface area contributed by atoms with Gasteiger partial charge in [-0.05, 0) is 186 Å². The van der Waals surface area contributed by atoms with Gasteiger partial charge >= 0.3 is 5.97 Å². The summed E-state index contributed by atoms with van der Waals surface area (Å²) in [5.74, 6) is 4.41. The zero-order valence-electron chi connectivity index (χ0n) is 35.9. The smallest absolute Gasteiger partial charge is 0.302 e. The van der Waals surface area contributed by atoms with Crippen LogP contribution in [0.4, 0.5) is 0 Å². The molecule has 0 aromatic heterocycles. The van der Waals surface area contributed by atoms with Gasteiger partial charge in [-0.3, -0.25) is 9.59 Å². The first-order valence-corrected chi connectivity index (χ1v) is 23.0. The van der Waals surface area contributed by atoms with Gasteiger partial charge in [-0.1, -0.05) is 77.1 Å². The van der Waals surface area contributed by atoms with Gasteiger partial charge < -0.3 is 15.0 Å². The van der Waals surface area contributed by atoms with Crippen molar-refractivity contribution >= 4 is 11.9 Å². The minimum atomic E-state index is -0.249. The zero-order chi connectivity index (χ0) is 39.0. The van der Waals surface area contributed by atoms with Gasteiger partial charge in [0.15, 0.2) is 0 Å².